The third-order valence-electron chi connectivity index (χ3n) is 9.14. The van der Waals surface area contributed by atoms with Gasteiger partial charge in [-0.25, -0.2) is 0 Å². The zero-order valence-electron chi connectivity index (χ0n) is 14.7. The Labute approximate surface area is 140 Å². The van der Waals surface area contributed by atoms with E-state index in [4.69, 9.17) is 4.74 Å². The molecule has 4 fully saturated rings. The van der Waals surface area contributed by atoms with Crippen molar-refractivity contribution in [3.63, 3.8) is 0 Å². The minimum absolute atomic E-state index is 0.238. The highest BCUT2D eigenvalue weighted by Gasteiger charge is 2.66. The van der Waals surface area contributed by atoms with Gasteiger partial charge in [0.2, 0.25) is 0 Å². The lowest BCUT2D eigenvalue weighted by Gasteiger charge is -2.61. The number of hydrogen-bond acceptors (Lipinski definition) is 2. The number of hydrogen-bond donors (Lipinski definition) is 0. The Morgan fingerprint density at radius 1 is 1.00 bits per heavy atom. The van der Waals surface area contributed by atoms with Gasteiger partial charge >= 0.3 is 0 Å². The molecule has 23 heavy (non-hydrogen) atoms. The van der Waals surface area contributed by atoms with Gasteiger partial charge in [0.05, 0.1) is 12.2 Å². The summed E-state index contributed by atoms with van der Waals surface area (Å²) in [5.41, 5.74) is 2.47. The Balaban J connectivity index is 1.50. The average molecular weight is 314 g/mol. The van der Waals surface area contributed by atoms with Crippen LogP contribution in [0.2, 0.25) is 0 Å². The molecule has 2 heteroatoms. The maximum Gasteiger partial charge on any atom is 0.155 e. The van der Waals surface area contributed by atoms with E-state index >= 15 is 0 Å². The van der Waals surface area contributed by atoms with Crippen molar-refractivity contribution in [2.75, 3.05) is 6.61 Å². The number of fused-ring (bicyclic) bond motifs is 6. The summed E-state index contributed by atoms with van der Waals surface area (Å²) in [4.78, 5) is 11.9. The number of rotatable bonds is 0. The van der Waals surface area contributed by atoms with Gasteiger partial charge in [0.15, 0.2) is 5.78 Å². The van der Waals surface area contributed by atoms with E-state index in [0.29, 0.717) is 16.6 Å². The van der Waals surface area contributed by atoms with Crippen molar-refractivity contribution < 1.29 is 9.53 Å². The van der Waals surface area contributed by atoms with E-state index in [0.717, 1.165) is 37.2 Å². The van der Waals surface area contributed by atoms with Crippen LogP contribution in [-0.2, 0) is 9.53 Å². The third kappa shape index (κ3) is 1.67. The van der Waals surface area contributed by atoms with Crippen LogP contribution >= 0.6 is 0 Å². The average Bonchev–Trinajstić information content (AvgIpc) is 2.81. The maximum atomic E-state index is 11.9. The molecule has 2 nitrogen and oxygen atoms in total. The molecule has 0 aromatic carbocycles. The Hall–Kier alpha value is -0.630. The minimum atomic E-state index is 0.238. The molecule has 1 aliphatic heterocycles. The van der Waals surface area contributed by atoms with Gasteiger partial charge in [-0.05, 0) is 79.6 Å². The van der Waals surface area contributed by atoms with Gasteiger partial charge in [0.1, 0.15) is 0 Å². The SMILES string of the molecule is C[C@]12CCC(=O)C=C1CC[C@@H]1[C@H]3CC[C@@]4(CCO4)[C@@]3(C)CC[C@@H]12. The van der Waals surface area contributed by atoms with Crippen molar-refractivity contribution in [1.82, 2.24) is 0 Å². The second kappa shape index (κ2) is 4.50. The first-order chi connectivity index (χ1) is 11.0. The summed E-state index contributed by atoms with van der Waals surface area (Å²) in [6.45, 7) is 6.02. The van der Waals surface area contributed by atoms with Gasteiger partial charge in [-0.15, -0.1) is 0 Å². The second-order valence-corrected chi connectivity index (χ2v) is 9.56. The van der Waals surface area contributed by atoms with Crippen molar-refractivity contribution in [3.05, 3.63) is 11.6 Å². The third-order valence-corrected chi connectivity index (χ3v) is 9.14. The van der Waals surface area contributed by atoms with Crippen LogP contribution < -0.4 is 0 Å². The summed E-state index contributed by atoms with van der Waals surface area (Å²) in [7, 11) is 0. The van der Waals surface area contributed by atoms with Crippen LogP contribution in [0.4, 0.5) is 0 Å². The standard InChI is InChI=1S/C21H30O2/c1-19-8-5-15(22)13-14(19)3-4-16-17(19)6-9-20(2)18(16)7-10-21(20)11-12-23-21/h13,16-18H,3-12H2,1-2H3/t16-,17-,18+,19-,20-,21+/m0/s1. The smallest absolute Gasteiger partial charge is 0.155 e. The summed E-state index contributed by atoms with van der Waals surface area (Å²) in [5.74, 6) is 2.91. The molecule has 0 amide bonds. The summed E-state index contributed by atoms with van der Waals surface area (Å²) >= 11 is 0. The second-order valence-electron chi connectivity index (χ2n) is 9.56. The molecular formula is C21H30O2. The van der Waals surface area contributed by atoms with E-state index in [1.54, 1.807) is 0 Å². The Bertz CT molecular complexity index is 587. The Kier molecular flexibility index (Phi) is 2.88. The molecule has 4 aliphatic carbocycles. The highest BCUT2D eigenvalue weighted by atomic mass is 16.5. The lowest BCUT2D eigenvalue weighted by atomic mass is 9.46. The molecule has 3 saturated carbocycles. The maximum absolute atomic E-state index is 11.9. The number of allylic oxidation sites excluding steroid dienone is 1. The number of carbonyl (C=O) groups excluding carboxylic acids is 1. The van der Waals surface area contributed by atoms with Crippen molar-refractivity contribution >= 4 is 5.78 Å². The largest absolute Gasteiger partial charge is 0.374 e. The molecule has 1 heterocycles. The first-order valence-corrected chi connectivity index (χ1v) is 9.86. The molecule has 5 aliphatic rings. The lowest BCUT2D eigenvalue weighted by Crippen LogP contribution is -2.59. The minimum Gasteiger partial charge on any atom is -0.374 e. The molecule has 0 unspecified atom stereocenters. The summed E-state index contributed by atoms with van der Waals surface area (Å²) in [6, 6.07) is 0. The Morgan fingerprint density at radius 2 is 1.78 bits per heavy atom. The zero-order valence-corrected chi connectivity index (χ0v) is 14.7. The van der Waals surface area contributed by atoms with E-state index in [-0.39, 0.29) is 5.60 Å². The summed E-state index contributed by atoms with van der Waals surface area (Å²) in [6.07, 6.45) is 13.1. The van der Waals surface area contributed by atoms with Gasteiger partial charge in [-0.2, -0.15) is 0 Å². The predicted octanol–water partition coefficient (Wildman–Crippen LogP) is 4.68. The molecule has 0 aromatic heterocycles. The molecule has 0 N–H and O–H groups in total. The quantitative estimate of drug-likeness (QED) is 0.649. The van der Waals surface area contributed by atoms with Crippen LogP contribution in [0.1, 0.15) is 71.6 Å². The van der Waals surface area contributed by atoms with Crippen LogP contribution in [0, 0.1) is 28.6 Å². The molecular weight excluding hydrogens is 284 g/mol. The molecule has 0 aromatic rings. The lowest BCUT2D eigenvalue weighted by molar-refractivity contribution is -0.226. The number of ketones is 1. The first kappa shape index (κ1) is 14.7. The van der Waals surface area contributed by atoms with Crippen LogP contribution in [-0.4, -0.2) is 18.0 Å². The molecule has 0 radical (unpaired) electrons. The fourth-order valence-corrected chi connectivity index (χ4v) is 7.65. The molecule has 1 spiro atoms. The van der Waals surface area contributed by atoms with Crippen molar-refractivity contribution in [2.24, 2.45) is 28.6 Å². The Morgan fingerprint density at radius 3 is 2.52 bits per heavy atom. The van der Waals surface area contributed by atoms with Crippen molar-refractivity contribution in [3.8, 4) is 0 Å². The predicted molar refractivity (Wildman–Crippen MR) is 90.0 cm³/mol. The van der Waals surface area contributed by atoms with Crippen LogP contribution in [0.25, 0.3) is 0 Å². The fourth-order valence-electron chi connectivity index (χ4n) is 7.65. The van der Waals surface area contributed by atoms with E-state index in [9.17, 15) is 4.79 Å². The summed E-state index contributed by atoms with van der Waals surface area (Å²) < 4.78 is 6.22. The number of ether oxygens (including phenoxy) is 1. The molecule has 6 atom stereocenters. The van der Waals surface area contributed by atoms with Gasteiger partial charge in [0.25, 0.3) is 0 Å². The van der Waals surface area contributed by atoms with Crippen LogP contribution in [0.15, 0.2) is 11.6 Å². The van der Waals surface area contributed by atoms with E-state index < -0.39 is 0 Å². The fraction of sp³-hybridized carbons (Fsp3) is 0.857. The van der Waals surface area contributed by atoms with Gasteiger partial charge in [0, 0.05) is 12.8 Å². The summed E-state index contributed by atoms with van der Waals surface area (Å²) in [5, 5.41) is 0. The molecule has 5 rings (SSSR count). The molecule has 1 saturated heterocycles. The molecule has 126 valence electrons. The molecule has 0 bridgehead atoms. The van der Waals surface area contributed by atoms with Gasteiger partial charge < -0.3 is 4.74 Å². The number of carbonyl (C=O) groups is 1. The zero-order chi connectivity index (χ0) is 15.9. The highest BCUT2D eigenvalue weighted by Crippen LogP contribution is 2.70. The monoisotopic (exact) mass is 314 g/mol. The van der Waals surface area contributed by atoms with Crippen molar-refractivity contribution in [2.45, 2.75) is 77.2 Å². The van der Waals surface area contributed by atoms with Gasteiger partial charge in [-0.3, -0.25) is 4.79 Å². The van der Waals surface area contributed by atoms with Crippen molar-refractivity contribution in [1.29, 1.82) is 0 Å². The van der Waals surface area contributed by atoms with Crippen LogP contribution in [0.3, 0.4) is 0 Å². The first-order valence-electron chi connectivity index (χ1n) is 9.86. The van der Waals surface area contributed by atoms with Crippen LogP contribution in [0.5, 0.6) is 0 Å². The van der Waals surface area contributed by atoms with E-state index in [1.807, 2.05) is 6.08 Å². The van der Waals surface area contributed by atoms with E-state index in [1.165, 1.54) is 50.5 Å². The van der Waals surface area contributed by atoms with E-state index in [2.05, 4.69) is 13.8 Å². The van der Waals surface area contributed by atoms with Gasteiger partial charge in [-0.1, -0.05) is 19.4 Å². The topological polar surface area (TPSA) is 26.3 Å². The highest BCUT2D eigenvalue weighted by molar-refractivity contribution is 5.91. The normalized spacial score (nSPS) is 54.8.